The number of anilines is 2. The number of nitrogens with one attached hydrogen (secondary N) is 1. The summed E-state index contributed by atoms with van der Waals surface area (Å²) in [6.07, 6.45) is -0.261. The maximum atomic E-state index is 12.5. The van der Waals surface area contributed by atoms with Crippen LogP contribution in [0, 0.1) is 0 Å². The molecule has 0 radical (unpaired) electrons. The Morgan fingerprint density at radius 3 is 2.35 bits per heavy atom. The molecule has 1 saturated heterocycles. The SMILES string of the molecule is CCC(=O)N1CCN(c2ccc(NC(=O)C(C)Oc3ccc(Cl)cc3Cl)cc2Cl)CC1. The first-order valence-corrected chi connectivity index (χ1v) is 11.2. The van der Waals surface area contributed by atoms with E-state index in [1.165, 1.54) is 0 Å². The normalized spacial score (nSPS) is 14.9. The molecule has 2 aromatic carbocycles. The van der Waals surface area contributed by atoms with E-state index in [1.807, 2.05) is 17.9 Å². The van der Waals surface area contributed by atoms with E-state index in [1.54, 1.807) is 37.3 Å². The fourth-order valence-corrected chi connectivity index (χ4v) is 4.07. The number of amides is 2. The first kappa shape index (κ1) is 23.5. The van der Waals surface area contributed by atoms with Gasteiger partial charge in [0.2, 0.25) is 5.91 Å². The Balaban J connectivity index is 1.59. The van der Waals surface area contributed by atoms with Gasteiger partial charge in [0.25, 0.3) is 5.91 Å². The molecule has 31 heavy (non-hydrogen) atoms. The number of ether oxygens (including phenoxy) is 1. The molecule has 0 aromatic heterocycles. The topological polar surface area (TPSA) is 61.9 Å². The van der Waals surface area contributed by atoms with Crippen molar-refractivity contribution in [2.75, 3.05) is 36.4 Å². The minimum Gasteiger partial charge on any atom is -0.479 e. The molecule has 1 atom stereocenters. The van der Waals surface area contributed by atoms with Crippen molar-refractivity contribution in [1.82, 2.24) is 4.90 Å². The highest BCUT2D eigenvalue weighted by Gasteiger charge is 2.22. The summed E-state index contributed by atoms with van der Waals surface area (Å²) in [4.78, 5) is 28.4. The van der Waals surface area contributed by atoms with Gasteiger partial charge in [-0.05, 0) is 43.3 Å². The number of halogens is 3. The minimum atomic E-state index is -0.777. The molecule has 2 amide bonds. The van der Waals surface area contributed by atoms with Crippen molar-refractivity contribution in [3.63, 3.8) is 0 Å². The van der Waals surface area contributed by atoms with Crippen molar-refractivity contribution in [2.45, 2.75) is 26.4 Å². The second-order valence-electron chi connectivity index (χ2n) is 7.21. The van der Waals surface area contributed by atoms with E-state index in [0.717, 1.165) is 5.69 Å². The third kappa shape index (κ3) is 5.97. The van der Waals surface area contributed by atoms with Crippen LogP contribution in [0.15, 0.2) is 36.4 Å². The number of hydrogen-bond donors (Lipinski definition) is 1. The Kier molecular flexibility index (Phi) is 7.92. The first-order valence-electron chi connectivity index (χ1n) is 10.0. The van der Waals surface area contributed by atoms with E-state index in [9.17, 15) is 9.59 Å². The number of benzene rings is 2. The van der Waals surface area contributed by atoms with Crippen molar-refractivity contribution in [3.8, 4) is 5.75 Å². The van der Waals surface area contributed by atoms with Gasteiger partial charge in [-0.2, -0.15) is 0 Å². The van der Waals surface area contributed by atoms with Gasteiger partial charge in [-0.25, -0.2) is 0 Å². The summed E-state index contributed by atoms with van der Waals surface area (Å²) in [5.74, 6) is 0.212. The molecule has 1 heterocycles. The number of carbonyl (C=O) groups is 2. The molecular formula is C22H24Cl3N3O3. The quantitative estimate of drug-likeness (QED) is 0.619. The van der Waals surface area contributed by atoms with Crippen molar-refractivity contribution in [3.05, 3.63) is 51.5 Å². The molecule has 1 aliphatic heterocycles. The summed E-state index contributed by atoms with van der Waals surface area (Å²) in [7, 11) is 0. The lowest BCUT2D eigenvalue weighted by molar-refractivity contribution is -0.131. The lowest BCUT2D eigenvalue weighted by Crippen LogP contribution is -2.48. The summed E-state index contributed by atoms with van der Waals surface area (Å²) in [6.45, 7) is 6.27. The minimum absolute atomic E-state index is 0.167. The van der Waals surface area contributed by atoms with Crippen LogP contribution >= 0.6 is 34.8 Å². The molecule has 0 bridgehead atoms. The van der Waals surface area contributed by atoms with Crippen LogP contribution < -0.4 is 15.0 Å². The van der Waals surface area contributed by atoms with E-state index < -0.39 is 6.10 Å². The van der Waals surface area contributed by atoms with Crippen LogP contribution in [-0.2, 0) is 9.59 Å². The summed E-state index contributed by atoms with van der Waals surface area (Å²) >= 11 is 18.5. The molecule has 2 aromatic rings. The molecule has 6 nitrogen and oxygen atoms in total. The molecule has 0 saturated carbocycles. The van der Waals surface area contributed by atoms with Crippen LogP contribution in [0.1, 0.15) is 20.3 Å². The summed E-state index contributed by atoms with van der Waals surface area (Å²) < 4.78 is 5.65. The van der Waals surface area contributed by atoms with Gasteiger partial charge in [0.15, 0.2) is 6.10 Å². The highest BCUT2D eigenvalue weighted by Crippen LogP contribution is 2.31. The Bertz CT molecular complexity index is 962. The Labute approximate surface area is 197 Å². The monoisotopic (exact) mass is 483 g/mol. The van der Waals surface area contributed by atoms with Crippen LogP contribution in [0.5, 0.6) is 5.75 Å². The lowest BCUT2D eigenvalue weighted by Gasteiger charge is -2.36. The molecule has 1 fully saturated rings. The first-order chi connectivity index (χ1) is 14.8. The van der Waals surface area contributed by atoms with E-state index >= 15 is 0 Å². The number of piperazine rings is 1. The van der Waals surface area contributed by atoms with Crippen LogP contribution in [0.25, 0.3) is 0 Å². The number of rotatable bonds is 6. The maximum absolute atomic E-state index is 12.5. The summed E-state index contributed by atoms with van der Waals surface area (Å²) in [5, 5.41) is 4.16. The van der Waals surface area contributed by atoms with Gasteiger partial charge in [0.05, 0.1) is 15.7 Å². The third-order valence-electron chi connectivity index (χ3n) is 5.06. The molecule has 0 spiro atoms. The van der Waals surface area contributed by atoms with Gasteiger partial charge in [-0.15, -0.1) is 0 Å². The molecule has 166 valence electrons. The van der Waals surface area contributed by atoms with Crippen molar-refractivity contribution < 1.29 is 14.3 Å². The summed E-state index contributed by atoms with van der Waals surface area (Å²) in [5.41, 5.74) is 1.44. The maximum Gasteiger partial charge on any atom is 0.265 e. The molecule has 1 unspecified atom stereocenters. The van der Waals surface area contributed by atoms with E-state index in [-0.39, 0.29) is 11.8 Å². The zero-order valence-corrected chi connectivity index (χ0v) is 19.6. The zero-order valence-electron chi connectivity index (χ0n) is 17.3. The lowest BCUT2D eigenvalue weighted by atomic mass is 10.2. The Morgan fingerprint density at radius 1 is 1.03 bits per heavy atom. The highest BCUT2D eigenvalue weighted by atomic mass is 35.5. The van der Waals surface area contributed by atoms with Gasteiger partial charge in [0, 0.05) is 43.3 Å². The molecule has 1 N–H and O–H groups in total. The van der Waals surface area contributed by atoms with E-state index in [2.05, 4.69) is 10.2 Å². The summed E-state index contributed by atoms with van der Waals surface area (Å²) in [6, 6.07) is 10.2. The van der Waals surface area contributed by atoms with Gasteiger partial charge < -0.3 is 19.9 Å². The van der Waals surface area contributed by atoms with Crippen LogP contribution in [0.2, 0.25) is 15.1 Å². The second-order valence-corrected chi connectivity index (χ2v) is 8.46. The molecular weight excluding hydrogens is 461 g/mol. The zero-order chi connectivity index (χ0) is 22.5. The van der Waals surface area contributed by atoms with Crippen LogP contribution in [0.4, 0.5) is 11.4 Å². The van der Waals surface area contributed by atoms with Crippen molar-refractivity contribution in [2.24, 2.45) is 0 Å². The predicted molar refractivity (Wildman–Crippen MR) is 126 cm³/mol. The van der Waals surface area contributed by atoms with Crippen LogP contribution in [0.3, 0.4) is 0 Å². The van der Waals surface area contributed by atoms with Gasteiger partial charge in [-0.3, -0.25) is 9.59 Å². The average Bonchev–Trinajstić information content (AvgIpc) is 2.75. The van der Waals surface area contributed by atoms with Gasteiger partial charge in [-0.1, -0.05) is 41.7 Å². The Hall–Kier alpha value is -2.15. The van der Waals surface area contributed by atoms with E-state index in [0.29, 0.717) is 59.1 Å². The fraction of sp³-hybridized carbons (Fsp3) is 0.364. The number of hydrogen-bond acceptors (Lipinski definition) is 4. The van der Waals surface area contributed by atoms with Crippen LogP contribution in [-0.4, -0.2) is 49.0 Å². The largest absolute Gasteiger partial charge is 0.479 e. The van der Waals surface area contributed by atoms with Gasteiger partial charge >= 0.3 is 0 Å². The van der Waals surface area contributed by atoms with Gasteiger partial charge in [0.1, 0.15) is 5.75 Å². The standard InChI is InChI=1S/C22H24Cl3N3O3/c1-3-21(29)28-10-8-27(9-11-28)19-6-5-16(13-17(19)24)26-22(30)14(2)31-20-7-4-15(23)12-18(20)25/h4-7,12-14H,3,8-11H2,1-2H3,(H,26,30). The molecule has 3 rings (SSSR count). The fourth-order valence-electron chi connectivity index (χ4n) is 3.32. The number of carbonyl (C=O) groups excluding carboxylic acids is 2. The Morgan fingerprint density at radius 2 is 1.74 bits per heavy atom. The molecule has 9 heteroatoms. The smallest absolute Gasteiger partial charge is 0.265 e. The van der Waals surface area contributed by atoms with Crippen molar-refractivity contribution >= 4 is 58.0 Å². The number of nitrogens with zero attached hydrogens (tertiary/aromatic N) is 2. The third-order valence-corrected chi connectivity index (χ3v) is 5.89. The average molecular weight is 485 g/mol. The second kappa shape index (κ2) is 10.4. The molecule has 0 aliphatic carbocycles. The van der Waals surface area contributed by atoms with E-state index in [4.69, 9.17) is 39.5 Å². The highest BCUT2D eigenvalue weighted by molar-refractivity contribution is 6.35. The predicted octanol–water partition coefficient (Wildman–Crippen LogP) is 5.11. The molecule has 1 aliphatic rings. The van der Waals surface area contributed by atoms with Crippen molar-refractivity contribution in [1.29, 1.82) is 0 Å².